The summed E-state index contributed by atoms with van der Waals surface area (Å²) in [5.74, 6) is 0.340. The lowest BCUT2D eigenvalue weighted by atomic mass is 9.95. The third-order valence-corrected chi connectivity index (χ3v) is 4.90. The molecule has 3 aliphatic rings. The van der Waals surface area contributed by atoms with E-state index in [1.807, 2.05) is 0 Å². The van der Waals surface area contributed by atoms with Gasteiger partial charge in [-0.2, -0.15) is 0 Å². The highest BCUT2D eigenvalue weighted by Crippen LogP contribution is 2.51. The van der Waals surface area contributed by atoms with Crippen LogP contribution in [0.25, 0.3) is 0 Å². The number of fused-ring (bicyclic) bond motifs is 2. The standard InChI is InChI=1S/C13H23N3O/c14-12(15)7-13(3-4-13)8-16-9-1-2-10(16)6-11(17)5-9/h9-11,17H,1-8H2,(H3,14,15). The molecule has 2 heterocycles. The number of rotatable bonds is 4. The van der Waals surface area contributed by atoms with Gasteiger partial charge in [-0.1, -0.05) is 0 Å². The van der Waals surface area contributed by atoms with Crippen molar-refractivity contribution < 1.29 is 5.11 Å². The molecule has 0 aromatic rings. The Labute approximate surface area is 103 Å². The molecule has 4 heteroatoms. The lowest BCUT2D eigenvalue weighted by Gasteiger charge is -2.39. The topological polar surface area (TPSA) is 73.3 Å². The Morgan fingerprint density at radius 1 is 1.29 bits per heavy atom. The predicted molar refractivity (Wildman–Crippen MR) is 67.0 cm³/mol. The Hall–Kier alpha value is -0.610. The van der Waals surface area contributed by atoms with Crippen LogP contribution in [-0.2, 0) is 0 Å². The normalized spacial score (nSPS) is 39.2. The highest BCUT2D eigenvalue weighted by Gasteiger charge is 2.49. The molecule has 96 valence electrons. The summed E-state index contributed by atoms with van der Waals surface area (Å²) in [6, 6.07) is 1.18. The maximum Gasteiger partial charge on any atom is 0.0911 e. The van der Waals surface area contributed by atoms with Crippen LogP contribution in [0.1, 0.15) is 44.9 Å². The zero-order chi connectivity index (χ0) is 12.0. The van der Waals surface area contributed by atoms with Crippen molar-refractivity contribution in [3.63, 3.8) is 0 Å². The fraction of sp³-hybridized carbons (Fsp3) is 0.923. The fourth-order valence-corrected chi connectivity index (χ4v) is 3.86. The molecule has 2 bridgehead atoms. The van der Waals surface area contributed by atoms with Crippen molar-refractivity contribution >= 4 is 5.84 Å². The molecule has 4 nitrogen and oxygen atoms in total. The van der Waals surface area contributed by atoms with Crippen LogP contribution in [0.5, 0.6) is 0 Å². The van der Waals surface area contributed by atoms with Crippen molar-refractivity contribution in [1.29, 1.82) is 5.41 Å². The first-order valence-corrected chi connectivity index (χ1v) is 6.85. The Balaban J connectivity index is 1.64. The molecule has 0 aromatic heterocycles. The van der Waals surface area contributed by atoms with E-state index in [1.54, 1.807) is 0 Å². The summed E-state index contributed by atoms with van der Waals surface area (Å²) in [6.07, 6.45) is 7.54. The SMILES string of the molecule is N=C(N)CC1(CN2C3CCC2CC(O)C3)CC1. The Morgan fingerprint density at radius 2 is 1.88 bits per heavy atom. The summed E-state index contributed by atoms with van der Waals surface area (Å²) in [4.78, 5) is 2.61. The van der Waals surface area contributed by atoms with E-state index in [2.05, 4.69) is 4.90 Å². The molecule has 4 N–H and O–H groups in total. The summed E-state index contributed by atoms with van der Waals surface area (Å²) >= 11 is 0. The number of hydrogen-bond acceptors (Lipinski definition) is 3. The van der Waals surface area contributed by atoms with Crippen molar-refractivity contribution in [1.82, 2.24) is 4.90 Å². The molecule has 2 saturated heterocycles. The second kappa shape index (κ2) is 3.95. The summed E-state index contributed by atoms with van der Waals surface area (Å²) < 4.78 is 0. The van der Waals surface area contributed by atoms with Gasteiger partial charge in [0.25, 0.3) is 0 Å². The van der Waals surface area contributed by atoms with Crippen molar-refractivity contribution in [2.24, 2.45) is 11.1 Å². The Bertz CT molecular complexity index is 313. The fourth-order valence-electron chi connectivity index (χ4n) is 3.86. The Morgan fingerprint density at radius 3 is 2.35 bits per heavy atom. The average Bonchev–Trinajstić information content (AvgIpc) is 2.92. The third-order valence-electron chi connectivity index (χ3n) is 4.90. The van der Waals surface area contributed by atoms with E-state index >= 15 is 0 Å². The minimum absolute atomic E-state index is 0.0771. The van der Waals surface area contributed by atoms with Crippen LogP contribution >= 0.6 is 0 Å². The number of nitrogens with zero attached hydrogens (tertiary/aromatic N) is 1. The molecule has 1 saturated carbocycles. The van der Waals surface area contributed by atoms with E-state index in [1.165, 1.54) is 25.7 Å². The largest absolute Gasteiger partial charge is 0.393 e. The van der Waals surface area contributed by atoms with Gasteiger partial charge in [-0.15, -0.1) is 0 Å². The Kier molecular flexibility index (Phi) is 2.67. The minimum Gasteiger partial charge on any atom is -0.393 e. The molecule has 1 aliphatic carbocycles. The van der Waals surface area contributed by atoms with Crippen molar-refractivity contribution in [3.8, 4) is 0 Å². The predicted octanol–water partition coefficient (Wildman–Crippen LogP) is 1.08. The number of amidine groups is 1. The number of aliphatic hydroxyl groups is 1. The van der Waals surface area contributed by atoms with Crippen LogP contribution in [0.3, 0.4) is 0 Å². The van der Waals surface area contributed by atoms with Gasteiger partial charge in [0.2, 0.25) is 0 Å². The number of aliphatic hydroxyl groups excluding tert-OH is 1. The lowest BCUT2D eigenvalue weighted by Crippen LogP contribution is -2.47. The highest BCUT2D eigenvalue weighted by atomic mass is 16.3. The van der Waals surface area contributed by atoms with E-state index in [0.717, 1.165) is 25.8 Å². The third kappa shape index (κ3) is 2.20. The molecule has 0 spiro atoms. The molecule has 2 aliphatic heterocycles. The quantitative estimate of drug-likeness (QED) is 0.506. The zero-order valence-electron chi connectivity index (χ0n) is 10.4. The summed E-state index contributed by atoms with van der Waals surface area (Å²) in [6.45, 7) is 1.11. The number of nitrogens with one attached hydrogen (secondary N) is 1. The highest BCUT2D eigenvalue weighted by molar-refractivity contribution is 5.78. The second-order valence-corrected chi connectivity index (χ2v) is 6.38. The molecule has 3 rings (SSSR count). The van der Waals surface area contributed by atoms with Gasteiger partial charge in [0.1, 0.15) is 0 Å². The molecule has 0 radical (unpaired) electrons. The van der Waals surface area contributed by atoms with Gasteiger partial charge in [0.15, 0.2) is 0 Å². The number of piperidine rings is 1. The molecular formula is C13H23N3O. The molecule has 3 fully saturated rings. The summed E-state index contributed by atoms with van der Waals surface area (Å²) in [5.41, 5.74) is 5.87. The summed E-state index contributed by atoms with van der Waals surface area (Å²) in [5, 5.41) is 17.3. The summed E-state index contributed by atoms with van der Waals surface area (Å²) in [7, 11) is 0. The van der Waals surface area contributed by atoms with E-state index in [0.29, 0.717) is 23.3 Å². The van der Waals surface area contributed by atoms with Gasteiger partial charge >= 0.3 is 0 Å². The number of nitrogens with two attached hydrogens (primary N) is 1. The van der Waals surface area contributed by atoms with E-state index < -0.39 is 0 Å². The molecule has 2 atom stereocenters. The van der Waals surface area contributed by atoms with Crippen LogP contribution in [0.4, 0.5) is 0 Å². The lowest BCUT2D eigenvalue weighted by molar-refractivity contribution is 0.0247. The van der Waals surface area contributed by atoms with Crippen LogP contribution in [0, 0.1) is 10.8 Å². The van der Waals surface area contributed by atoms with Crippen LogP contribution < -0.4 is 5.73 Å². The van der Waals surface area contributed by atoms with E-state index in [9.17, 15) is 5.11 Å². The monoisotopic (exact) mass is 237 g/mol. The smallest absolute Gasteiger partial charge is 0.0911 e. The van der Waals surface area contributed by atoms with Gasteiger partial charge in [-0.25, -0.2) is 0 Å². The first-order chi connectivity index (χ1) is 8.08. The van der Waals surface area contributed by atoms with Crippen molar-refractivity contribution in [2.75, 3.05) is 6.54 Å². The molecule has 0 aromatic carbocycles. The van der Waals surface area contributed by atoms with E-state index in [4.69, 9.17) is 11.1 Å². The minimum atomic E-state index is -0.0771. The molecule has 17 heavy (non-hydrogen) atoms. The van der Waals surface area contributed by atoms with E-state index in [-0.39, 0.29) is 6.10 Å². The number of hydrogen-bond donors (Lipinski definition) is 3. The zero-order valence-corrected chi connectivity index (χ0v) is 10.4. The van der Waals surface area contributed by atoms with Crippen LogP contribution in [0.2, 0.25) is 0 Å². The second-order valence-electron chi connectivity index (χ2n) is 6.38. The van der Waals surface area contributed by atoms with Gasteiger partial charge in [-0.3, -0.25) is 10.3 Å². The maximum atomic E-state index is 9.79. The first kappa shape index (κ1) is 11.5. The van der Waals surface area contributed by atoms with Gasteiger partial charge in [-0.05, 0) is 43.9 Å². The molecular weight excluding hydrogens is 214 g/mol. The van der Waals surface area contributed by atoms with Gasteiger partial charge in [0.05, 0.1) is 11.9 Å². The van der Waals surface area contributed by atoms with Gasteiger partial charge in [0, 0.05) is 25.0 Å². The maximum absolute atomic E-state index is 9.79. The first-order valence-electron chi connectivity index (χ1n) is 6.85. The average molecular weight is 237 g/mol. The van der Waals surface area contributed by atoms with Crippen LogP contribution in [0.15, 0.2) is 0 Å². The van der Waals surface area contributed by atoms with Crippen molar-refractivity contribution in [2.45, 2.75) is 63.1 Å². The molecule has 0 amide bonds. The van der Waals surface area contributed by atoms with Crippen LogP contribution in [-0.4, -0.2) is 40.6 Å². The van der Waals surface area contributed by atoms with Gasteiger partial charge < -0.3 is 10.8 Å². The molecule has 2 unspecified atom stereocenters. The van der Waals surface area contributed by atoms with Crippen molar-refractivity contribution in [3.05, 3.63) is 0 Å².